The molecular formula is C20H27ClN4O. The Morgan fingerprint density at radius 2 is 2.00 bits per heavy atom. The van der Waals surface area contributed by atoms with E-state index in [1.165, 1.54) is 0 Å². The minimum Gasteiger partial charge on any atom is -0.391 e. The zero-order valence-electron chi connectivity index (χ0n) is 15.2. The van der Waals surface area contributed by atoms with E-state index in [1.807, 2.05) is 25.1 Å². The van der Waals surface area contributed by atoms with Crippen molar-refractivity contribution in [2.24, 2.45) is 5.92 Å². The summed E-state index contributed by atoms with van der Waals surface area (Å²) in [4.78, 5) is 4.87. The van der Waals surface area contributed by atoms with E-state index in [-0.39, 0.29) is 12.0 Å². The Balaban J connectivity index is 1.33. The molecule has 1 aromatic carbocycles. The second kappa shape index (κ2) is 7.59. The third kappa shape index (κ3) is 3.75. The average molecular weight is 375 g/mol. The number of nitrogens with zero attached hydrogens (tertiary/aromatic N) is 3. The smallest absolute Gasteiger partial charge is 0.0711 e. The number of likely N-dealkylation sites (tertiary alicyclic amines) is 1. The maximum Gasteiger partial charge on any atom is 0.0711 e. The van der Waals surface area contributed by atoms with E-state index in [2.05, 4.69) is 32.1 Å². The molecule has 2 fully saturated rings. The average Bonchev–Trinajstić information content (AvgIpc) is 3.22. The van der Waals surface area contributed by atoms with Crippen LogP contribution in [0.15, 0.2) is 30.3 Å². The van der Waals surface area contributed by atoms with E-state index in [1.54, 1.807) is 0 Å². The summed E-state index contributed by atoms with van der Waals surface area (Å²) in [6.45, 7) is 5.80. The van der Waals surface area contributed by atoms with Crippen LogP contribution in [-0.2, 0) is 6.42 Å². The number of hydrogen-bond donors (Lipinski definition) is 2. The predicted octanol–water partition coefficient (Wildman–Crippen LogP) is 2.88. The van der Waals surface area contributed by atoms with Crippen molar-refractivity contribution in [1.29, 1.82) is 0 Å². The Morgan fingerprint density at radius 3 is 2.69 bits per heavy atom. The summed E-state index contributed by atoms with van der Waals surface area (Å²) in [6, 6.07) is 10.7. The molecular weight excluding hydrogens is 348 g/mol. The fourth-order valence-electron chi connectivity index (χ4n) is 4.41. The number of H-pyrrole nitrogens is 1. The van der Waals surface area contributed by atoms with Gasteiger partial charge in [-0.05, 0) is 44.4 Å². The van der Waals surface area contributed by atoms with Crippen LogP contribution in [0.3, 0.4) is 0 Å². The number of nitrogens with one attached hydrogen (secondary N) is 1. The number of para-hydroxylation sites is 1. The van der Waals surface area contributed by atoms with Crippen LogP contribution >= 0.6 is 11.6 Å². The van der Waals surface area contributed by atoms with Gasteiger partial charge in [0, 0.05) is 43.8 Å². The molecule has 0 bridgehead atoms. The molecule has 2 aromatic rings. The van der Waals surface area contributed by atoms with Gasteiger partial charge < -0.3 is 10.0 Å². The molecule has 2 N–H and O–H groups in total. The number of aliphatic hydroxyl groups is 1. The molecule has 0 spiro atoms. The maximum absolute atomic E-state index is 10.5. The molecule has 0 aliphatic carbocycles. The Bertz CT molecular complexity index is 741. The van der Waals surface area contributed by atoms with Crippen LogP contribution in [-0.4, -0.2) is 58.5 Å². The second-order valence-electron chi connectivity index (χ2n) is 7.70. The van der Waals surface area contributed by atoms with Gasteiger partial charge in [0.25, 0.3) is 0 Å². The third-order valence-electron chi connectivity index (χ3n) is 5.84. The lowest BCUT2D eigenvalue weighted by Gasteiger charge is -2.38. The number of halogens is 1. The standard InChI is InChI=1S/C20H27ClN4O/c1-14-10-16(23-22-14)11-15-12-25(13-20(15)26)17-6-8-24(9-7-17)19-5-3-2-4-18(19)21/h2-5,10,15,17,20,26H,6-9,11-13H2,1H3,(H,22,23)/t15-,20-/m1/s1. The van der Waals surface area contributed by atoms with Crippen molar-refractivity contribution >= 4 is 17.3 Å². The van der Waals surface area contributed by atoms with E-state index >= 15 is 0 Å². The number of anilines is 1. The molecule has 0 amide bonds. The van der Waals surface area contributed by atoms with Crippen molar-refractivity contribution in [3.05, 3.63) is 46.7 Å². The first-order valence-corrected chi connectivity index (χ1v) is 9.90. The zero-order chi connectivity index (χ0) is 18.1. The van der Waals surface area contributed by atoms with Gasteiger partial charge in [-0.3, -0.25) is 10.00 Å². The minimum atomic E-state index is -0.256. The lowest BCUT2D eigenvalue weighted by molar-refractivity contribution is 0.131. The molecule has 1 aromatic heterocycles. The number of aromatic nitrogens is 2. The number of β-amino-alcohol motifs (C(OH)–C–C–N with tert-alkyl or cyclic N) is 1. The van der Waals surface area contributed by atoms with Crippen LogP contribution in [0, 0.1) is 12.8 Å². The highest BCUT2D eigenvalue weighted by Crippen LogP contribution is 2.31. The summed E-state index contributed by atoms with van der Waals surface area (Å²) >= 11 is 6.34. The van der Waals surface area contributed by atoms with Gasteiger partial charge in [0.15, 0.2) is 0 Å². The molecule has 26 heavy (non-hydrogen) atoms. The van der Waals surface area contributed by atoms with Crippen molar-refractivity contribution < 1.29 is 5.11 Å². The SMILES string of the molecule is Cc1cc(C[C@@H]2CN(C3CCN(c4ccccc4Cl)CC3)C[C@H]2O)n[nH]1. The minimum absolute atomic E-state index is 0.256. The largest absolute Gasteiger partial charge is 0.391 e. The van der Waals surface area contributed by atoms with Crippen molar-refractivity contribution in [3.8, 4) is 0 Å². The number of aromatic amines is 1. The molecule has 2 saturated heterocycles. The summed E-state index contributed by atoms with van der Waals surface area (Å²) < 4.78 is 0. The van der Waals surface area contributed by atoms with Gasteiger partial charge in [-0.1, -0.05) is 23.7 Å². The van der Waals surface area contributed by atoms with E-state index in [4.69, 9.17) is 11.6 Å². The van der Waals surface area contributed by atoms with Crippen LogP contribution in [0.25, 0.3) is 0 Å². The van der Waals surface area contributed by atoms with E-state index < -0.39 is 0 Å². The molecule has 2 aliphatic heterocycles. The summed E-state index contributed by atoms with van der Waals surface area (Å²) in [5.74, 6) is 0.277. The van der Waals surface area contributed by atoms with E-state index in [0.29, 0.717) is 6.04 Å². The molecule has 4 rings (SSSR count). The Morgan fingerprint density at radius 1 is 1.23 bits per heavy atom. The van der Waals surface area contributed by atoms with Crippen molar-refractivity contribution in [2.45, 2.75) is 38.3 Å². The number of aryl methyl sites for hydroxylation is 1. The number of hydrogen-bond acceptors (Lipinski definition) is 4. The van der Waals surface area contributed by atoms with Crippen molar-refractivity contribution in [2.75, 3.05) is 31.1 Å². The quantitative estimate of drug-likeness (QED) is 0.864. The van der Waals surface area contributed by atoms with Crippen LogP contribution in [0.1, 0.15) is 24.2 Å². The summed E-state index contributed by atoms with van der Waals surface area (Å²) in [7, 11) is 0. The van der Waals surface area contributed by atoms with Gasteiger partial charge in [0.1, 0.15) is 0 Å². The summed E-state index contributed by atoms with van der Waals surface area (Å²) in [6.07, 6.45) is 2.83. The van der Waals surface area contributed by atoms with Gasteiger partial charge in [-0.25, -0.2) is 0 Å². The lowest BCUT2D eigenvalue weighted by Crippen LogP contribution is -2.44. The number of rotatable bonds is 4. The Hall–Kier alpha value is -1.56. The third-order valence-corrected chi connectivity index (χ3v) is 6.16. The highest BCUT2D eigenvalue weighted by molar-refractivity contribution is 6.33. The molecule has 3 heterocycles. The van der Waals surface area contributed by atoms with Gasteiger partial charge in [-0.15, -0.1) is 0 Å². The van der Waals surface area contributed by atoms with Crippen LogP contribution < -0.4 is 4.90 Å². The highest BCUT2D eigenvalue weighted by atomic mass is 35.5. The monoisotopic (exact) mass is 374 g/mol. The van der Waals surface area contributed by atoms with Crippen molar-refractivity contribution in [3.63, 3.8) is 0 Å². The first kappa shape index (κ1) is 17.8. The van der Waals surface area contributed by atoms with Gasteiger partial charge in [-0.2, -0.15) is 5.10 Å². The molecule has 0 unspecified atom stereocenters. The molecule has 0 saturated carbocycles. The first-order chi connectivity index (χ1) is 12.6. The zero-order valence-corrected chi connectivity index (χ0v) is 16.0. The molecule has 2 atom stereocenters. The highest BCUT2D eigenvalue weighted by Gasteiger charge is 2.36. The van der Waals surface area contributed by atoms with Gasteiger partial charge in [0.05, 0.1) is 22.5 Å². The normalized spacial score (nSPS) is 25.1. The predicted molar refractivity (Wildman–Crippen MR) is 105 cm³/mol. The van der Waals surface area contributed by atoms with Crippen LogP contribution in [0.4, 0.5) is 5.69 Å². The summed E-state index contributed by atoms with van der Waals surface area (Å²) in [5.41, 5.74) is 3.28. The van der Waals surface area contributed by atoms with Gasteiger partial charge >= 0.3 is 0 Å². The molecule has 0 radical (unpaired) electrons. The first-order valence-electron chi connectivity index (χ1n) is 9.52. The number of piperidine rings is 1. The maximum atomic E-state index is 10.5. The fraction of sp³-hybridized carbons (Fsp3) is 0.550. The molecule has 2 aliphatic rings. The molecule has 6 heteroatoms. The Labute approximate surface area is 160 Å². The van der Waals surface area contributed by atoms with E-state index in [0.717, 1.165) is 67.5 Å². The van der Waals surface area contributed by atoms with E-state index in [9.17, 15) is 5.11 Å². The number of aliphatic hydroxyl groups excluding tert-OH is 1. The fourth-order valence-corrected chi connectivity index (χ4v) is 4.67. The van der Waals surface area contributed by atoms with Gasteiger partial charge in [0.2, 0.25) is 0 Å². The second-order valence-corrected chi connectivity index (χ2v) is 8.10. The lowest BCUT2D eigenvalue weighted by atomic mass is 9.99. The topological polar surface area (TPSA) is 55.4 Å². The van der Waals surface area contributed by atoms with Crippen molar-refractivity contribution in [1.82, 2.24) is 15.1 Å². The van der Waals surface area contributed by atoms with Crippen LogP contribution in [0.2, 0.25) is 5.02 Å². The van der Waals surface area contributed by atoms with Crippen LogP contribution in [0.5, 0.6) is 0 Å². The molecule has 5 nitrogen and oxygen atoms in total. The number of benzene rings is 1. The Kier molecular flexibility index (Phi) is 5.20. The molecule has 140 valence electrons. The summed E-state index contributed by atoms with van der Waals surface area (Å²) in [5, 5.41) is 18.7.